The molecule has 1 aliphatic heterocycles. The molecule has 142 valence electrons. The van der Waals surface area contributed by atoms with Crippen LogP contribution in [-0.2, 0) is 20.7 Å². The first-order valence-corrected chi connectivity index (χ1v) is 9.12. The van der Waals surface area contributed by atoms with Crippen molar-refractivity contribution in [3.8, 4) is 5.75 Å². The Morgan fingerprint density at radius 2 is 1.52 bits per heavy atom. The molecule has 0 saturated carbocycles. The van der Waals surface area contributed by atoms with E-state index in [0.717, 1.165) is 11.0 Å². The van der Waals surface area contributed by atoms with Crippen LogP contribution >= 0.6 is 12.2 Å². The summed E-state index contributed by atoms with van der Waals surface area (Å²) in [5, 5.41) is -0.0170. The Bertz CT molecular complexity index is 790. The maximum absolute atomic E-state index is 12.9. The fraction of sp³-hybridized carbons (Fsp3) is 0.350. The lowest BCUT2D eigenvalue weighted by Crippen LogP contribution is -2.41. The van der Waals surface area contributed by atoms with E-state index < -0.39 is 7.12 Å². The van der Waals surface area contributed by atoms with E-state index in [-0.39, 0.29) is 28.9 Å². The first-order chi connectivity index (χ1) is 12.7. The molecular weight excluding hydrogens is 366 g/mol. The monoisotopic (exact) mass is 388 g/mol. The SMILES string of the molecule is CC1(C)OB(c2ccc(COC(=S)Oc3ccc(F)cc3)cc2)OC1(C)C. The number of hydrogen-bond donors (Lipinski definition) is 0. The van der Waals surface area contributed by atoms with Gasteiger partial charge in [0.05, 0.1) is 11.2 Å². The van der Waals surface area contributed by atoms with E-state index in [9.17, 15) is 4.39 Å². The van der Waals surface area contributed by atoms with Crippen molar-refractivity contribution in [1.29, 1.82) is 0 Å². The normalized spacial score (nSPS) is 17.6. The van der Waals surface area contributed by atoms with Crippen LogP contribution in [0.5, 0.6) is 5.75 Å². The van der Waals surface area contributed by atoms with E-state index in [2.05, 4.69) is 0 Å². The third-order valence-electron chi connectivity index (χ3n) is 4.88. The highest BCUT2D eigenvalue weighted by atomic mass is 32.1. The van der Waals surface area contributed by atoms with Crippen molar-refractivity contribution in [2.45, 2.75) is 45.5 Å². The summed E-state index contributed by atoms with van der Waals surface area (Å²) in [5.74, 6) is 0.0915. The molecule has 0 atom stereocenters. The average Bonchev–Trinajstić information content (AvgIpc) is 2.83. The minimum atomic E-state index is -0.396. The number of benzene rings is 2. The molecule has 0 aromatic heterocycles. The molecule has 1 fully saturated rings. The average molecular weight is 388 g/mol. The smallest absolute Gasteiger partial charge is 0.452 e. The highest BCUT2D eigenvalue weighted by molar-refractivity contribution is 7.79. The third kappa shape index (κ3) is 4.67. The lowest BCUT2D eigenvalue weighted by atomic mass is 9.79. The molecule has 1 aliphatic rings. The molecule has 3 rings (SSSR count). The molecule has 27 heavy (non-hydrogen) atoms. The minimum absolute atomic E-state index is 0.0170. The highest BCUT2D eigenvalue weighted by Gasteiger charge is 2.51. The zero-order valence-corrected chi connectivity index (χ0v) is 16.6. The van der Waals surface area contributed by atoms with E-state index >= 15 is 0 Å². The van der Waals surface area contributed by atoms with Gasteiger partial charge >= 0.3 is 12.4 Å². The van der Waals surface area contributed by atoms with Crippen molar-refractivity contribution < 1.29 is 23.2 Å². The van der Waals surface area contributed by atoms with Crippen molar-refractivity contribution in [2.75, 3.05) is 0 Å². The minimum Gasteiger partial charge on any atom is -0.452 e. The van der Waals surface area contributed by atoms with Crippen LogP contribution in [0.2, 0.25) is 0 Å². The highest BCUT2D eigenvalue weighted by Crippen LogP contribution is 2.36. The van der Waals surface area contributed by atoms with E-state index in [1.54, 1.807) is 0 Å². The van der Waals surface area contributed by atoms with Crippen LogP contribution in [0.1, 0.15) is 33.3 Å². The van der Waals surface area contributed by atoms with Gasteiger partial charge in [0, 0.05) is 12.2 Å². The number of halogens is 1. The van der Waals surface area contributed by atoms with E-state index in [0.29, 0.717) is 5.75 Å². The summed E-state index contributed by atoms with van der Waals surface area (Å²) in [5.41, 5.74) is 1.13. The lowest BCUT2D eigenvalue weighted by molar-refractivity contribution is 0.00578. The van der Waals surface area contributed by atoms with Gasteiger partial charge in [0.15, 0.2) is 0 Å². The van der Waals surface area contributed by atoms with E-state index in [4.69, 9.17) is 31.0 Å². The second kappa shape index (κ2) is 7.58. The zero-order chi connectivity index (χ0) is 19.7. The standard InChI is InChI=1S/C20H22BFO4S/c1-19(2)20(3,4)26-21(25-19)15-7-5-14(6-8-15)13-23-18(27)24-17-11-9-16(22)10-12-17/h5-12H,13H2,1-4H3. The second-order valence-electron chi connectivity index (χ2n) is 7.42. The molecule has 0 spiro atoms. The van der Waals surface area contributed by atoms with Crippen molar-refractivity contribution in [2.24, 2.45) is 0 Å². The lowest BCUT2D eigenvalue weighted by Gasteiger charge is -2.32. The topological polar surface area (TPSA) is 36.9 Å². The van der Waals surface area contributed by atoms with Crippen LogP contribution in [0.4, 0.5) is 4.39 Å². The summed E-state index contributed by atoms with van der Waals surface area (Å²) in [6.07, 6.45) is 0. The maximum Gasteiger partial charge on any atom is 0.494 e. The Morgan fingerprint density at radius 1 is 0.963 bits per heavy atom. The van der Waals surface area contributed by atoms with Gasteiger partial charge in [0.25, 0.3) is 0 Å². The Morgan fingerprint density at radius 3 is 2.07 bits per heavy atom. The van der Waals surface area contributed by atoms with Gasteiger partial charge in [-0.2, -0.15) is 0 Å². The summed E-state index contributed by atoms with van der Waals surface area (Å²) in [6, 6.07) is 13.3. The summed E-state index contributed by atoms with van der Waals surface area (Å²) < 4.78 is 35.8. The summed E-state index contributed by atoms with van der Waals surface area (Å²) >= 11 is 5.05. The fourth-order valence-corrected chi connectivity index (χ4v) is 2.68. The number of thiocarbonyl (C=S) groups is 1. The van der Waals surface area contributed by atoms with Gasteiger partial charge < -0.3 is 18.8 Å². The van der Waals surface area contributed by atoms with Gasteiger partial charge in [-0.15, -0.1) is 0 Å². The number of rotatable bonds is 4. The molecule has 1 saturated heterocycles. The summed E-state index contributed by atoms with van der Waals surface area (Å²) in [6.45, 7) is 8.37. The van der Waals surface area contributed by atoms with Crippen molar-refractivity contribution in [3.05, 3.63) is 59.9 Å². The first-order valence-electron chi connectivity index (χ1n) is 8.71. The van der Waals surface area contributed by atoms with Gasteiger partial charge in [0.2, 0.25) is 0 Å². The molecule has 7 heteroatoms. The molecular formula is C20H22BFO4S. The summed E-state index contributed by atoms with van der Waals surface area (Å²) in [7, 11) is -0.396. The first kappa shape index (κ1) is 19.8. The van der Waals surface area contributed by atoms with Crippen molar-refractivity contribution in [1.82, 2.24) is 0 Å². The Labute approximate surface area is 164 Å². The molecule has 4 nitrogen and oxygen atoms in total. The Kier molecular flexibility index (Phi) is 5.56. The molecule has 2 aromatic carbocycles. The molecule has 0 amide bonds. The predicted octanol–water partition coefficient (Wildman–Crippen LogP) is 4.01. The van der Waals surface area contributed by atoms with Crippen LogP contribution in [0, 0.1) is 5.82 Å². The molecule has 0 unspecified atom stereocenters. The van der Waals surface area contributed by atoms with Crippen molar-refractivity contribution >= 4 is 30.0 Å². The van der Waals surface area contributed by atoms with Gasteiger partial charge in [0.1, 0.15) is 18.2 Å². The number of ether oxygens (including phenoxy) is 2. The van der Waals surface area contributed by atoms with Crippen LogP contribution in [0.3, 0.4) is 0 Å². The van der Waals surface area contributed by atoms with E-state index in [1.165, 1.54) is 24.3 Å². The Balaban J connectivity index is 1.54. The largest absolute Gasteiger partial charge is 0.494 e. The predicted molar refractivity (Wildman–Crippen MR) is 107 cm³/mol. The zero-order valence-electron chi connectivity index (χ0n) is 15.8. The fourth-order valence-electron chi connectivity index (χ4n) is 2.52. The van der Waals surface area contributed by atoms with Crippen LogP contribution < -0.4 is 10.2 Å². The third-order valence-corrected chi connectivity index (χ3v) is 5.08. The quantitative estimate of drug-likeness (QED) is 0.585. The molecule has 2 aromatic rings. The molecule has 0 N–H and O–H groups in total. The Hall–Kier alpha value is -1.96. The van der Waals surface area contributed by atoms with Gasteiger partial charge in [-0.25, -0.2) is 4.39 Å². The molecule has 0 bridgehead atoms. The molecule has 0 radical (unpaired) electrons. The van der Waals surface area contributed by atoms with Gasteiger partial charge in [-0.1, -0.05) is 24.3 Å². The molecule has 0 aliphatic carbocycles. The maximum atomic E-state index is 12.9. The van der Waals surface area contributed by atoms with Crippen LogP contribution in [-0.4, -0.2) is 23.6 Å². The van der Waals surface area contributed by atoms with Crippen LogP contribution in [0.25, 0.3) is 0 Å². The van der Waals surface area contributed by atoms with E-state index in [1.807, 2.05) is 52.0 Å². The van der Waals surface area contributed by atoms with Crippen LogP contribution in [0.15, 0.2) is 48.5 Å². The molecule has 1 heterocycles. The summed E-state index contributed by atoms with van der Waals surface area (Å²) in [4.78, 5) is 0. The second-order valence-corrected chi connectivity index (χ2v) is 7.76. The number of hydrogen-bond acceptors (Lipinski definition) is 5. The van der Waals surface area contributed by atoms with Crippen molar-refractivity contribution in [3.63, 3.8) is 0 Å². The van der Waals surface area contributed by atoms with Gasteiger partial charge in [-0.05, 0) is 63.0 Å². The van der Waals surface area contributed by atoms with Gasteiger partial charge in [-0.3, -0.25) is 0 Å².